The lowest BCUT2D eigenvalue weighted by Crippen LogP contribution is -2.45. The molecule has 0 saturated carbocycles. The molecule has 1 aliphatic rings. The Bertz CT molecular complexity index is 1500. The van der Waals surface area contributed by atoms with Crippen LogP contribution in [0.2, 0.25) is 18.1 Å². The van der Waals surface area contributed by atoms with Crippen molar-refractivity contribution in [2.75, 3.05) is 30.8 Å². The molecule has 3 heterocycles. The molecule has 3 N–H and O–H groups in total. The van der Waals surface area contributed by atoms with Gasteiger partial charge in [0.15, 0.2) is 5.82 Å². The van der Waals surface area contributed by atoms with Gasteiger partial charge in [0.2, 0.25) is 5.95 Å². The van der Waals surface area contributed by atoms with Crippen LogP contribution in [0.25, 0.3) is 11.3 Å². The number of nitriles is 1. The minimum absolute atomic E-state index is 0.0181. The summed E-state index contributed by atoms with van der Waals surface area (Å²) in [5.74, 6) is -0.237. The van der Waals surface area contributed by atoms with Crippen molar-refractivity contribution >= 4 is 31.7 Å². The van der Waals surface area contributed by atoms with E-state index in [1.54, 1.807) is 18.3 Å². The molecule has 2 aromatic heterocycles. The second kappa shape index (κ2) is 11.2. The number of nitrogens with zero attached hydrogens (tertiary/aromatic N) is 5. The van der Waals surface area contributed by atoms with E-state index in [4.69, 9.17) is 4.43 Å². The number of anilines is 3. The van der Waals surface area contributed by atoms with Gasteiger partial charge < -0.3 is 20.4 Å². The summed E-state index contributed by atoms with van der Waals surface area (Å²) in [6.07, 6.45) is -1.13. The summed E-state index contributed by atoms with van der Waals surface area (Å²) >= 11 is 0. The summed E-state index contributed by atoms with van der Waals surface area (Å²) in [4.78, 5) is 21.0. The highest BCUT2D eigenvalue weighted by Crippen LogP contribution is 2.44. The molecule has 13 heteroatoms. The molecule has 3 aromatic rings. The SMILES string of the molecule is CNC(=O)c1cc(Nc2nccc(-c3cc(C#N)c4c(c3)[C@@](C)(CO[Si-](C)(C)C(C)(C)C)CN4)n2)nn1CC(F)F. The minimum atomic E-state index is -2.69. The number of aromatic nitrogens is 4. The first-order valence-corrected chi connectivity index (χ1v) is 16.2. The Balaban J connectivity index is 1.65. The quantitative estimate of drug-likeness (QED) is 0.291. The summed E-state index contributed by atoms with van der Waals surface area (Å²) in [7, 11) is -0.591. The van der Waals surface area contributed by atoms with Crippen LogP contribution in [0.15, 0.2) is 30.5 Å². The zero-order valence-electron chi connectivity index (χ0n) is 24.4. The largest absolute Gasteiger partial charge is 0.564 e. The van der Waals surface area contributed by atoms with E-state index in [1.165, 1.54) is 13.1 Å². The second-order valence-corrected chi connectivity index (χ2v) is 16.8. The number of amides is 1. The molecule has 0 unspecified atom stereocenters. The van der Waals surface area contributed by atoms with Gasteiger partial charge in [0.1, 0.15) is 18.3 Å². The summed E-state index contributed by atoms with van der Waals surface area (Å²) in [5.41, 5.74) is 3.20. The third kappa shape index (κ3) is 6.23. The average molecular weight is 583 g/mol. The van der Waals surface area contributed by atoms with Crippen LogP contribution in [-0.2, 0) is 16.4 Å². The lowest BCUT2D eigenvalue weighted by atomic mass is 9.83. The summed E-state index contributed by atoms with van der Waals surface area (Å²) in [6, 6.07) is 9.19. The van der Waals surface area contributed by atoms with E-state index in [0.717, 1.165) is 21.5 Å². The van der Waals surface area contributed by atoms with Gasteiger partial charge in [-0.05, 0) is 32.1 Å². The molecule has 0 spiro atoms. The van der Waals surface area contributed by atoms with E-state index in [0.29, 0.717) is 24.4 Å². The smallest absolute Gasteiger partial charge is 0.269 e. The maximum Gasteiger partial charge on any atom is 0.269 e. The van der Waals surface area contributed by atoms with Crippen molar-refractivity contribution in [3.05, 3.63) is 47.3 Å². The van der Waals surface area contributed by atoms with Crippen LogP contribution in [0.4, 0.5) is 26.2 Å². The number of nitrogens with one attached hydrogen (secondary N) is 3. The molecule has 1 atom stereocenters. The van der Waals surface area contributed by atoms with Crippen LogP contribution in [-0.4, -0.2) is 60.6 Å². The number of alkyl halides is 2. The average Bonchev–Trinajstić information content (AvgIpc) is 3.46. The van der Waals surface area contributed by atoms with Crippen molar-refractivity contribution < 1.29 is 18.0 Å². The van der Waals surface area contributed by atoms with Crippen LogP contribution >= 0.6 is 0 Å². The molecule has 219 valence electrons. The fourth-order valence-corrected chi connectivity index (χ4v) is 5.47. The molecular weight excluding hydrogens is 546 g/mol. The zero-order chi connectivity index (χ0) is 30.2. The van der Waals surface area contributed by atoms with Crippen LogP contribution in [0, 0.1) is 11.3 Å². The Morgan fingerprint density at radius 1 is 1.32 bits per heavy atom. The van der Waals surface area contributed by atoms with Gasteiger partial charge in [-0.25, -0.2) is 18.7 Å². The molecule has 0 saturated heterocycles. The Hall–Kier alpha value is -3.89. The molecule has 1 aliphatic heterocycles. The number of halogens is 2. The molecule has 41 heavy (non-hydrogen) atoms. The van der Waals surface area contributed by atoms with Gasteiger partial charge in [-0.1, -0.05) is 27.7 Å². The van der Waals surface area contributed by atoms with Gasteiger partial charge in [-0.2, -0.15) is 10.4 Å². The van der Waals surface area contributed by atoms with Crippen molar-refractivity contribution in [2.45, 2.75) is 64.2 Å². The first-order valence-electron chi connectivity index (χ1n) is 13.3. The van der Waals surface area contributed by atoms with E-state index >= 15 is 0 Å². The van der Waals surface area contributed by atoms with Crippen molar-refractivity contribution in [3.8, 4) is 17.3 Å². The number of benzene rings is 1. The summed E-state index contributed by atoms with van der Waals surface area (Å²) in [6.45, 7) is 13.6. The number of carbonyl (C=O) groups is 1. The van der Waals surface area contributed by atoms with Gasteiger partial charge in [0.25, 0.3) is 12.3 Å². The number of hydrogen-bond acceptors (Lipinski definition) is 8. The van der Waals surface area contributed by atoms with Crippen molar-refractivity contribution in [3.63, 3.8) is 0 Å². The molecule has 1 aromatic carbocycles. The van der Waals surface area contributed by atoms with Gasteiger partial charge in [0, 0.05) is 43.4 Å². The number of rotatable bonds is 9. The predicted octanol–water partition coefficient (Wildman–Crippen LogP) is 5.29. The van der Waals surface area contributed by atoms with Crippen LogP contribution in [0.5, 0.6) is 0 Å². The van der Waals surface area contributed by atoms with Gasteiger partial charge >= 0.3 is 0 Å². The number of fused-ring (bicyclic) bond motifs is 1. The molecule has 10 nitrogen and oxygen atoms in total. The van der Waals surface area contributed by atoms with Crippen LogP contribution < -0.4 is 16.0 Å². The lowest BCUT2D eigenvalue weighted by molar-refractivity contribution is 0.0932. The maximum atomic E-state index is 13.0. The number of hydrogen-bond donors (Lipinski definition) is 3. The fraction of sp³-hybridized carbons (Fsp3) is 0.464. The first kappa shape index (κ1) is 30.1. The highest BCUT2D eigenvalue weighted by Gasteiger charge is 2.38. The Kier molecular flexibility index (Phi) is 8.20. The van der Waals surface area contributed by atoms with E-state index in [2.05, 4.69) is 77.9 Å². The van der Waals surface area contributed by atoms with E-state index in [1.807, 2.05) is 6.07 Å². The molecule has 0 radical (unpaired) electrons. The molecule has 1 amide bonds. The summed E-state index contributed by atoms with van der Waals surface area (Å²) in [5, 5.41) is 22.9. The zero-order valence-corrected chi connectivity index (χ0v) is 25.4. The molecule has 0 fully saturated rings. The third-order valence-corrected chi connectivity index (χ3v) is 12.3. The van der Waals surface area contributed by atoms with E-state index in [-0.39, 0.29) is 27.9 Å². The Morgan fingerprint density at radius 2 is 2.05 bits per heavy atom. The fourth-order valence-electron chi connectivity index (χ4n) is 4.36. The first-order chi connectivity index (χ1) is 19.2. The predicted molar refractivity (Wildman–Crippen MR) is 156 cm³/mol. The minimum Gasteiger partial charge on any atom is -0.564 e. The summed E-state index contributed by atoms with van der Waals surface area (Å²) < 4.78 is 33.6. The maximum absolute atomic E-state index is 13.0. The standard InChI is InChI=1S/C28H36F2N8O2Si/c1-27(2,3)41(6,7)40-16-28(4)15-34-24-18(13-31)10-17(11-19(24)28)20-8-9-33-26(35-20)36-23-12-21(25(39)32-5)38(37-23)14-22(29)30/h8-12,22,34H,14-16H2,1-7H3,(H,32,39)(H,33,35,36,37)/q-1/t28-/m1/s1. The molecular formula is C28H36F2N8O2Si-. The monoisotopic (exact) mass is 582 g/mol. The number of carbonyl (C=O) groups excluding carboxylic acids is 1. The van der Waals surface area contributed by atoms with E-state index < -0.39 is 27.2 Å². The van der Waals surface area contributed by atoms with Gasteiger partial charge in [-0.3, -0.25) is 9.48 Å². The highest BCUT2D eigenvalue weighted by atomic mass is 28.4. The van der Waals surface area contributed by atoms with Crippen LogP contribution in [0.1, 0.15) is 49.3 Å². The highest BCUT2D eigenvalue weighted by molar-refractivity contribution is 6.74. The molecule has 0 aliphatic carbocycles. The second-order valence-electron chi connectivity index (χ2n) is 12.0. The van der Waals surface area contributed by atoms with Gasteiger partial charge in [0.05, 0.1) is 16.9 Å². The van der Waals surface area contributed by atoms with Crippen molar-refractivity contribution in [1.29, 1.82) is 5.26 Å². The normalized spacial score (nSPS) is 16.7. The topological polar surface area (TPSA) is 130 Å². The van der Waals surface area contributed by atoms with Crippen molar-refractivity contribution in [1.82, 2.24) is 25.1 Å². The van der Waals surface area contributed by atoms with Crippen molar-refractivity contribution in [2.24, 2.45) is 0 Å². The Labute approximate surface area is 239 Å². The van der Waals surface area contributed by atoms with E-state index in [9.17, 15) is 18.8 Å². The lowest BCUT2D eigenvalue weighted by Gasteiger charge is -2.50. The molecule has 0 bridgehead atoms. The van der Waals surface area contributed by atoms with Crippen LogP contribution in [0.3, 0.4) is 0 Å². The third-order valence-electron chi connectivity index (χ3n) is 7.86. The Morgan fingerprint density at radius 3 is 2.68 bits per heavy atom. The van der Waals surface area contributed by atoms with Gasteiger partial charge in [-0.15, -0.1) is 18.1 Å². The molecule has 4 rings (SSSR count).